The zero-order chi connectivity index (χ0) is 20.9. The third kappa shape index (κ3) is 5.09. The zero-order valence-corrected chi connectivity index (χ0v) is 15.1. The van der Waals surface area contributed by atoms with Gasteiger partial charge in [0.2, 0.25) is 0 Å². The molecule has 6 nitrogen and oxygen atoms in total. The number of benzene rings is 2. The Labute approximate surface area is 160 Å². The second-order valence-electron chi connectivity index (χ2n) is 5.93. The highest BCUT2D eigenvalue weighted by atomic mass is 19.4. The van der Waals surface area contributed by atoms with Gasteiger partial charge < -0.3 is 27.3 Å². The number of hydrogen-bond acceptors (Lipinski definition) is 5. The van der Waals surface area contributed by atoms with E-state index in [0.29, 0.717) is 23.2 Å². The van der Waals surface area contributed by atoms with Gasteiger partial charge in [0.15, 0.2) is 0 Å². The number of nitrogens with two attached hydrogens (primary N) is 3. The minimum atomic E-state index is -4.81. The van der Waals surface area contributed by atoms with Crippen molar-refractivity contribution in [2.45, 2.75) is 19.7 Å². The van der Waals surface area contributed by atoms with Crippen molar-refractivity contribution < 1.29 is 22.7 Å². The van der Waals surface area contributed by atoms with Gasteiger partial charge in [0.05, 0.1) is 5.70 Å². The van der Waals surface area contributed by atoms with E-state index in [4.69, 9.17) is 17.2 Å². The maximum atomic E-state index is 12.5. The molecule has 150 valence electrons. The minimum Gasteiger partial charge on any atom is -0.406 e. The lowest BCUT2D eigenvalue weighted by Crippen LogP contribution is -2.31. The predicted molar refractivity (Wildman–Crippen MR) is 102 cm³/mol. The molecule has 0 aliphatic carbocycles. The maximum absolute atomic E-state index is 12.5. The average molecular weight is 394 g/mol. The third-order valence-electron chi connectivity index (χ3n) is 3.85. The molecule has 0 radical (unpaired) electrons. The lowest BCUT2D eigenvalue weighted by atomic mass is 9.98. The molecule has 0 spiro atoms. The topological polar surface area (TPSA) is 116 Å². The molecule has 2 rings (SSSR count). The molecular weight excluding hydrogens is 373 g/mol. The summed E-state index contributed by atoms with van der Waals surface area (Å²) in [5.41, 5.74) is 19.1. The molecule has 0 unspecified atom stereocenters. The van der Waals surface area contributed by atoms with Gasteiger partial charge in [0.25, 0.3) is 5.91 Å². The summed E-state index contributed by atoms with van der Waals surface area (Å²) in [7, 11) is 0. The number of rotatable bonds is 6. The van der Waals surface area contributed by atoms with Gasteiger partial charge in [-0.25, -0.2) is 0 Å². The number of carbonyl (C=O) groups excluding carboxylic acids is 1. The molecule has 28 heavy (non-hydrogen) atoms. The average Bonchev–Trinajstić information content (AvgIpc) is 2.64. The van der Waals surface area contributed by atoms with E-state index in [2.05, 4.69) is 10.1 Å². The summed E-state index contributed by atoms with van der Waals surface area (Å²) in [5, 5.41) is 2.61. The fourth-order valence-corrected chi connectivity index (χ4v) is 2.51. The Kier molecular flexibility index (Phi) is 6.40. The van der Waals surface area contributed by atoms with Gasteiger partial charge in [-0.05, 0) is 24.1 Å². The van der Waals surface area contributed by atoms with Crippen LogP contribution in [0.4, 0.5) is 18.9 Å². The van der Waals surface area contributed by atoms with E-state index < -0.39 is 12.3 Å². The fourth-order valence-electron chi connectivity index (χ4n) is 2.51. The molecule has 2 aromatic carbocycles. The van der Waals surface area contributed by atoms with Crippen molar-refractivity contribution >= 4 is 17.3 Å². The van der Waals surface area contributed by atoms with Crippen molar-refractivity contribution in [2.75, 3.05) is 12.3 Å². The number of carbonyl (C=O) groups is 1. The lowest BCUT2D eigenvalue weighted by molar-refractivity contribution is -0.274. The quantitative estimate of drug-likeness (QED) is 0.444. The van der Waals surface area contributed by atoms with Crippen molar-refractivity contribution in [1.29, 1.82) is 0 Å². The smallest absolute Gasteiger partial charge is 0.406 e. The monoisotopic (exact) mass is 394 g/mol. The molecule has 0 aliphatic heterocycles. The molecule has 2 aromatic rings. The first-order valence-electron chi connectivity index (χ1n) is 8.42. The zero-order valence-electron chi connectivity index (χ0n) is 15.1. The SMILES string of the molecule is CCCNC(=O)/C(N)=C(\N)c1cccc(-c2cccc(OC(F)(F)F)c2)c1N. The van der Waals surface area contributed by atoms with Crippen LogP contribution < -0.4 is 27.3 Å². The Morgan fingerprint density at radius 1 is 1.14 bits per heavy atom. The highest BCUT2D eigenvalue weighted by Gasteiger charge is 2.31. The molecule has 7 N–H and O–H groups in total. The van der Waals surface area contributed by atoms with Crippen molar-refractivity contribution in [3.8, 4) is 16.9 Å². The Morgan fingerprint density at radius 3 is 2.46 bits per heavy atom. The molecular formula is C19H21F3N4O2. The molecule has 0 atom stereocenters. The Balaban J connectivity index is 2.43. The predicted octanol–water partition coefficient (Wildman–Crippen LogP) is 2.95. The molecule has 0 fully saturated rings. The first kappa shape index (κ1) is 20.9. The molecule has 0 bridgehead atoms. The van der Waals surface area contributed by atoms with Crippen molar-refractivity contribution in [3.05, 3.63) is 53.7 Å². The van der Waals surface area contributed by atoms with Crippen LogP contribution in [0.3, 0.4) is 0 Å². The van der Waals surface area contributed by atoms with Gasteiger partial charge in [-0.15, -0.1) is 13.2 Å². The normalized spacial score (nSPS) is 12.3. The van der Waals surface area contributed by atoms with Gasteiger partial charge in [-0.3, -0.25) is 4.79 Å². The van der Waals surface area contributed by atoms with Crippen LogP contribution in [0.15, 0.2) is 48.2 Å². The van der Waals surface area contributed by atoms with E-state index in [1.54, 1.807) is 24.3 Å². The van der Waals surface area contributed by atoms with E-state index in [1.807, 2.05) is 6.92 Å². The molecule has 0 saturated carbocycles. The summed E-state index contributed by atoms with van der Waals surface area (Å²) in [6.07, 6.45) is -4.08. The van der Waals surface area contributed by atoms with E-state index in [0.717, 1.165) is 6.42 Å². The third-order valence-corrected chi connectivity index (χ3v) is 3.85. The van der Waals surface area contributed by atoms with Crippen LogP contribution in [-0.2, 0) is 4.79 Å². The van der Waals surface area contributed by atoms with Crippen LogP contribution >= 0.6 is 0 Å². The van der Waals surface area contributed by atoms with Gasteiger partial charge >= 0.3 is 6.36 Å². The summed E-state index contributed by atoms with van der Waals surface area (Å²) >= 11 is 0. The van der Waals surface area contributed by atoms with Crippen LogP contribution in [0.1, 0.15) is 18.9 Å². The number of hydrogen-bond donors (Lipinski definition) is 4. The van der Waals surface area contributed by atoms with Crippen molar-refractivity contribution in [2.24, 2.45) is 11.5 Å². The number of amides is 1. The largest absolute Gasteiger partial charge is 0.573 e. The number of ether oxygens (including phenoxy) is 1. The number of halogens is 3. The first-order valence-corrected chi connectivity index (χ1v) is 8.42. The van der Waals surface area contributed by atoms with Crippen LogP contribution in [0.2, 0.25) is 0 Å². The van der Waals surface area contributed by atoms with Crippen LogP contribution in [0.25, 0.3) is 16.8 Å². The van der Waals surface area contributed by atoms with E-state index in [1.165, 1.54) is 18.2 Å². The lowest BCUT2D eigenvalue weighted by Gasteiger charge is -2.15. The summed E-state index contributed by atoms with van der Waals surface area (Å²) in [5.74, 6) is -0.901. The van der Waals surface area contributed by atoms with Crippen LogP contribution in [0, 0.1) is 0 Å². The van der Waals surface area contributed by atoms with Crippen LogP contribution in [-0.4, -0.2) is 18.8 Å². The minimum absolute atomic E-state index is 0.0179. The molecule has 1 amide bonds. The summed E-state index contributed by atoms with van der Waals surface area (Å²) in [6.45, 7) is 2.33. The summed E-state index contributed by atoms with van der Waals surface area (Å²) in [4.78, 5) is 12.0. The van der Waals surface area contributed by atoms with Crippen molar-refractivity contribution in [3.63, 3.8) is 0 Å². The first-order chi connectivity index (χ1) is 13.1. The summed E-state index contributed by atoms with van der Waals surface area (Å²) < 4.78 is 41.3. The molecule has 0 heterocycles. The Morgan fingerprint density at radius 2 is 1.82 bits per heavy atom. The Hall–Kier alpha value is -3.36. The fraction of sp³-hybridized carbons (Fsp3) is 0.211. The molecule has 0 saturated heterocycles. The number of anilines is 1. The highest BCUT2D eigenvalue weighted by Crippen LogP contribution is 2.34. The maximum Gasteiger partial charge on any atom is 0.573 e. The second-order valence-corrected chi connectivity index (χ2v) is 5.93. The molecule has 9 heteroatoms. The Bertz CT molecular complexity index is 895. The number of nitrogen functional groups attached to an aromatic ring is 1. The van der Waals surface area contributed by atoms with Gasteiger partial charge in [-0.1, -0.05) is 37.3 Å². The second kappa shape index (κ2) is 8.55. The van der Waals surface area contributed by atoms with Crippen LogP contribution in [0.5, 0.6) is 5.75 Å². The number of alkyl halides is 3. The number of nitrogens with one attached hydrogen (secondary N) is 1. The van der Waals surface area contributed by atoms with E-state index in [9.17, 15) is 18.0 Å². The molecule has 0 aromatic heterocycles. The van der Waals surface area contributed by atoms with Gasteiger partial charge in [0, 0.05) is 23.4 Å². The molecule has 0 aliphatic rings. The van der Waals surface area contributed by atoms with Gasteiger partial charge in [0.1, 0.15) is 11.4 Å². The van der Waals surface area contributed by atoms with E-state index in [-0.39, 0.29) is 22.8 Å². The number of para-hydroxylation sites is 1. The van der Waals surface area contributed by atoms with Crippen molar-refractivity contribution in [1.82, 2.24) is 5.32 Å². The highest BCUT2D eigenvalue weighted by molar-refractivity contribution is 6.01. The summed E-state index contributed by atoms with van der Waals surface area (Å²) in [6, 6.07) is 10.2. The van der Waals surface area contributed by atoms with Gasteiger partial charge in [-0.2, -0.15) is 0 Å². The standard InChI is InChI=1S/C19H21F3N4O2/c1-2-9-26-18(27)17(25)16(24)14-8-4-7-13(15(14)23)11-5-3-6-12(10-11)28-19(20,21)22/h3-8,10H,2,9,23-25H2,1H3,(H,26,27)/b17-16+. The van der Waals surface area contributed by atoms with E-state index >= 15 is 0 Å².